The minimum absolute atomic E-state index is 0.299. The number of aliphatic hydroxyl groups is 1. The van der Waals surface area contributed by atoms with E-state index in [0.717, 1.165) is 38.5 Å². The molecule has 0 spiro atoms. The minimum Gasteiger partial charge on any atom is -0.391 e. The monoisotopic (exact) mass is 195 g/mol. The summed E-state index contributed by atoms with van der Waals surface area (Å²) in [5, 5.41) is 19.5. The van der Waals surface area contributed by atoms with E-state index in [1.807, 2.05) is 0 Å². The van der Waals surface area contributed by atoms with Crippen molar-refractivity contribution in [2.24, 2.45) is 11.3 Å². The van der Waals surface area contributed by atoms with Crippen molar-refractivity contribution in [3.8, 4) is 6.07 Å². The summed E-state index contributed by atoms with van der Waals surface area (Å²) in [5.41, 5.74) is -0.420. The predicted molar refractivity (Wildman–Crippen MR) is 56.6 cm³/mol. The number of nitrogens with zero attached hydrogens (tertiary/aromatic N) is 1. The number of nitriles is 1. The molecule has 0 aliphatic heterocycles. The van der Waals surface area contributed by atoms with Gasteiger partial charge in [0.2, 0.25) is 0 Å². The standard InChI is InChI=1S/C12H21NO/c1-3-10(4-2)11(14)12(9-13)7-5-6-8-12/h10-11,14H,3-8H2,1-2H3. The maximum atomic E-state index is 10.2. The lowest BCUT2D eigenvalue weighted by molar-refractivity contribution is 0.0128. The molecule has 1 fully saturated rings. The molecule has 1 rings (SSSR count). The van der Waals surface area contributed by atoms with Crippen LogP contribution in [0.2, 0.25) is 0 Å². The van der Waals surface area contributed by atoms with Crippen molar-refractivity contribution in [1.82, 2.24) is 0 Å². The molecule has 0 radical (unpaired) electrons. The van der Waals surface area contributed by atoms with Gasteiger partial charge < -0.3 is 5.11 Å². The summed E-state index contributed by atoms with van der Waals surface area (Å²) in [7, 11) is 0. The second-order valence-electron chi connectivity index (χ2n) is 4.50. The van der Waals surface area contributed by atoms with Gasteiger partial charge in [0.25, 0.3) is 0 Å². The highest BCUT2D eigenvalue weighted by molar-refractivity contribution is 5.07. The third-order valence-electron chi connectivity index (χ3n) is 3.78. The molecule has 1 aliphatic carbocycles. The van der Waals surface area contributed by atoms with Crippen LogP contribution >= 0.6 is 0 Å². The van der Waals surface area contributed by atoms with E-state index >= 15 is 0 Å². The zero-order valence-corrected chi connectivity index (χ0v) is 9.29. The fourth-order valence-corrected chi connectivity index (χ4v) is 2.67. The Hall–Kier alpha value is -0.550. The van der Waals surface area contributed by atoms with E-state index < -0.39 is 11.5 Å². The minimum atomic E-state index is -0.420. The molecule has 80 valence electrons. The van der Waals surface area contributed by atoms with Crippen molar-refractivity contribution < 1.29 is 5.11 Å². The molecule has 2 heteroatoms. The van der Waals surface area contributed by atoms with Crippen LogP contribution < -0.4 is 0 Å². The molecule has 1 unspecified atom stereocenters. The molecular weight excluding hydrogens is 174 g/mol. The summed E-state index contributed by atoms with van der Waals surface area (Å²) in [6, 6.07) is 2.38. The first-order chi connectivity index (χ1) is 6.70. The Bertz CT molecular complexity index is 209. The lowest BCUT2D eigenvalue weighted by Crippen LogP contribution is -2.37. The lowest BCUT2D eigenvalue weighted by atomic mass is 9.74. The molecule has 0 aromatic carbocycles. The highest BCUT2D eigenvalue weighted by Crippen LogP contribution is 2.43. The van der Waals surface area contributed by atoms with E-state index in [-0.39, 0.29) is 0 Å². The molecule has 0 saturated heterocycles. The van der Waals surface area contributed by atoms with E-state index in [1.165, 1.54) is 0 Å². The molecule has 0 aromatic heterocycles. The second kappa shape index (κ2) is 4.79. The largest absolute Gasteiger partial charge is 0.391 e. The quantitative estimate of drug-likeness (QED) is 0.749. The van der Waals surface area contributed by atoms with Gasteiger partial charge in [0.05, 0.1) is 17.6 Å². The van der Waals surface area contributed by atoms with Crippen molar-refractivity contribution in [1.29, 1.82) is 5.26 Å². The van der Waals surface area contributed by atoms with E-state index in [9.17, 15) is 10.4 Å². The Labute approximate surface area is 86.9 Å². The first-order valence-corrected chi connectivity index (χ1v) is 5.79. The molecule has 0 heterocycles. The van der Waals surface area contributed by atoms with Crippen LogP contribution in [0.5, 0.6) is 0 Å². The third kappa shape index (κ3) is 1.93. The van der Waals surface area contributed by atoms with Crippen LogP contribution in [-0.4, -0.2) is 11.2 Å². The van der Waals surface area contributed by atoms with Gasteiger partial charge in [-0.3, -0.25) is 0 Å². The van der Waals surface area contributed by atoms with E-state index in [2.05, 4.69) is 19.9 Å². The molecule has 1 N–H and O–H groups in total. The number of hydrogen-bond acceptors (Lipinski definition) is 2. The number of aliphatic hydroxyl groups excluding tert-OH is 1. The Morgan fingerprint density at radius 3 is 2.14 bits per heavy atom. The van der Waals surface area contributed by atoms with Gasteiger partial charge in [-0.1, -0.05) is 39.5 Å². The van der Waals surface area contributed by atoms with Gasteiger partial charge >= 0.3 is 0 Å². The maximum Gasteiger partial charge on any atom is 0.0835 e. The van der Waals surface area contributed by atoms with Crippen LogP contribution in [-0.2, 0) is 0 Å². The summed E-state index contributed by atoms with van der Waals surface area (Å²) in [4.78, 5) is 0. The highest BCUT2D eigenvalue weighted by Gasteiger charge is 2.43. The van der Waals surface area contributed by atoms with Crippen molar-refractivity contribution >= 4 is 0 Å². The van der Waals surface area contributed by atoms with Crippen LogP contribution in [0.1, 0.15) is 52.4 Å². The molecular formula is C12H21NO. The average molecular weight is 195 g/mol. The molecule has 1 saturated carbocycles. The van der Waals surface area contributed by atoms with Crippen LogP contribution in [0.4, 0.5) is 0 Å². The second-order valence-corrected chi connectivity index (χ2v) is 4.50. The summed E-state index contributed by atoms with van der Waals surface area (Å²) in [6.07, 6.45) is 5.52. The Kier molecular flexibility index (Phi) is 3.95. The zero-order chi connectivity index (χ0) is 10.6. The highest BCUT2D eigenvalue weighted by atomic mass is 16.3. The number of rotatable bonds is 4. The Balaban J connectivity index is 2.74. The topological polar surface area (TPSA) is 44.0 Å². The van der Waals surface area contributed by atoms with Crippen molar-refractivity contribution in [2.45, 2.75) is 58.5 Å². The van der Waals surface area contributed by atoms with Gasteiger partial charge in [-0.25, -0.2) is 0 Å². The van der Waals surface area contributed by atoms with Crippen LogP contribution in [0, 0.1) is 22.7 Å². The van der Waals surface area contributed by atoms with E-state index in [0.29, 0.717) is 5.92 Å². The predicted octanol–water partition coefficient (Wildman–Crippen LogP) is 2.87. The van der Waals surface area contributed by atoms with Crippen molar-refractivity contribution in [3.05, 3.63) is 0 Å². The first kappa shape index (κ1) is 11.5. The SMILES string of the molecule is CCC(CC)C(O)C1(C#N)CCCC1. The Morgan fingerprint density at radius 2 is 1.79 bits per heavy atom. The van der Waals surface area contributed by atoms with Gasteiger partial charge in [0.1, 0.15) is 0 Å². The smallest absolute Gasteiger partial charge is 0.0835 e. The van der Waals surface area contributed by atoms with Crippen molar-refractivity contribution in [2.75, 3.05) is 0 Å². The Morgan fingerprint density at radius 1 is 1.29 bits per heavy atom. The van der Waals surface area contributed by atoms with E-state index in [4.69, 9.17) is 0 Å². The van der Waals surface area contributed by atoms with Gasteiger partial charge in [-0.15, -0.1) is 0 Å². The van der Waals surface area contributed by atoms with Gasteiger partial charge in [0, 0.05) is 0 Å². The first-order valence-electron chi connectivity index (χ1n) is 5.79. The molecule has 0 amide bonds. The molecule has 14 heavy (non-hydrogen) atoms. The summed E-state index contributed by atoms with van der Waals surface area (Å²) < 4.78 is 0. The fourth-order valence-electron chi connectivity index (χ4n) is 2.67. The number of hydrogen-bond donors (Lipinski definition) is 1. The molecule has 1 aliphatic rings. The fraction of sp³-hybridized carbons (Fsp3) is 0.917. The third-order valence-corrected chi connectivity index (χ3v) is 3.78. The van der Waals surface area contributed by atoms with Gasteiger partial charge in [-0.2, -0.15) is 5.26 Å². The normalized spacial score (nSPS) is 22.2. The van der Waals surface area contributed by atoms with Crippen LogP contribution in [0.25, 0.3) is 0 Å². The maximum absolute atomic E-state index is 10.2. The average Bonchev–Trinajstić information content (AvgIpc) is 2.69. The summed E-state index contributed by atoms with van der Waals surface area (Å²) >= 11 is 0. The van der Waals surface area contributed by atoms with E-state index in [1.54, 1.807) is 0 Å². The lowest BCUT2D eigenvalue weighted by Gasteiger charge is -2.32. The van der Waals surface area contributed by atoms with Crippen LogP contribution in [0.15, 0.2) is 0 Å². The van der Waals surface area contributed by atoms with Crippen molar-refractivity contribution in [3.63, 3.8) is 0 Å². The van der Waals surface area contributed by atoms with Gasteiger partial charge in [-0.05, 0) is 18.8 Å². The van der Waals surface area contributed by atoms with Gasteiger partial charge in [0.15, 0.2) is 0 Å². The molecule has 0 bridgehead atoms. The van der Waals surface area contributed by atoms with Crippen LogP contribution in [0.3, 0.4) is 0 Å². The zero-order valence-electron chi connectivity index (χ0n) is 9.29. The summed E-state index contributed by atoms with van der Waals surface area (Å²) in [6.45, 7) is 4.19. The molecule has 2 nitrogen and oxygen atoms in total. The molecule has 0 aromatic rings. The summed E-state index contributed by atoms with van der Waals surface area (Å²) in [5.74, 6) is 0.299. The molecule has 1 atom stereocenters.